The maximum absolute atomic E-state index is 13.4. The topological polar surface area (TPSA) is 88.4 Å². The van der Waals surface area contributed by atoms with Crippen molar-refractivity contribution in [2.75, 3.05) is 19.6 Å². The van der Waals surface area contributed by atoms with Crippen LogP contribution in [0.3, 0.4) is 0 Å². The highest BCUT2D eigenvalue weighted by Crippen LogP contribution is 2.30. The van der Waals surface area contributed by atoms with Gasteiger partial charge in [-0.05, 0) is 63.6 Å². The number of hydrogen-bond acceptors (Lipinski definition) is 5. The summed E-state index contributed by atoms with van der Waals surface area (Å²) < 4.78 is 29.9. The number of carbonyl (C=O) groups is 1. The Morgan fingerprint density at radius 1 is 1.14 bits per heavy atom. The molecule has 1 unspecified atom stereocenters. The minimum absolute atomic E-state index is 0.0511. The second-order valence-corrected chi connectivity index (χ2v) is 10.5. The van der Waals surface area contributed by atoms with Gasteiger partial charge in [0.05, 0.1) is 10.4 Å². The van der Waals surface area contributed by atoms with Crippen LogP contribution in [0.15, 0.2) is 23.1 Å². The molecule has 8 nitrogen and oxygen atoms in total. The number of piperidine rings is 1. The van der Waals surface area contributed by atoms with Crippen molar-refractivity contribution in [3.63, 3.8) is 0 Å². The number of rotatable bonds is 4. The van der Waals surface area contributed by atoms with Crippen LogP contribution in [0.5, 0.6) is 0 Å². The first-order valence-corrected chi connectivity index (χ1v) is 11.9. The van der Waals surface area contributed by atoms with Gasteiger partial charge in [0, 0.05) is 25.7 Å². The third kappa shape index (κ3) is 3.66. The number of hydrogen-bond donors (Lipinski definition) is 0. The van der Waals surface area contributed by atoms with Crippen LogP contribution in [-0.2, 0) is 14.8 Å². The SMILES string of the molecule is CC1CCN(C(=O)C2CCCN2S(=O)(=O)c2ccc3c(c2)nnn3C(C)C)CC1. The monoisotopic (exact) mass is 419 g/mol. The fourth-order valence-electron chi connectivity index (χ4n) is 4.31. The van der Waals surface area contributed by atoms with Crippen LogP contribution in [-0.4, -0.2) is 64.2 Å². The molecule has 3 heterocycles. The molecule has 0 spiro atoms. The van der Waals surface area contributed by atoms with Crippen molar-refractivity contribution >= 4 is 27.0 Å². The third-order valence-corrected chi connectivity index (χ3v) is 8.03. The molecular weight excluding hydrogens is 390 g/mol. The molecule has 2 aromatic rings. The van der Waals surface area contributed by atoms with E-state index < -0.39 is 16.1 Å². The van der Waals surface area contributed by atoms with Crippen LogP contribution in [0.2, 0.25) is 0 Å². The summed E-state index contributed by atoms with van der Waals surface area (Å²) in [6.07, 6.45) is 3.24. The average Bonchev–Trinajstić information content (AvgIpc) is 3.35. The first-order valence-electron chi connectivity index (χ1n) is 10.4. The highest BCUT2D eigenvalue weighted by Gasteiger charge is 2.41. The summed E-state index contributed by atoms with van der Waals surface area (Å²) in [4.78, 5) is 15.1. The van der Waals surface area contributed by atoms with Gasteiger partial charge in [-0.15, -0.1) is 5.10 Å². The Kier molecular flexibility index (Phi) is 5.37. The number of likely N-dealkylation sites (tertiary alicyclic amines) is 1. The minimum atomic E-state index is -3.78. The maximum atomic E-state index is 13.4. The van der Waals surface area contributed by atoms with E-state index in [0.29, 0.717) is 43.9 Å². The summed E-state index contributed by atoms with van der Waals surface area (Å²) in [6.45, 7) is 8.00. The molecule has 29 heavy (non-hydrogen) atoms. The van der Waals surface area contributed by atoms with E-state index in [1.165, 1.54) is 4.31 Å². The summed E-state index contributed by atoms with van der Waals surface area (Å²) in [7, 11) is -3.78. The van der Waals surface area contributed by atoms with E-state index in [9.17, 15) is 13.2 Å². The summed E-state index contributed by atoms with van der Waals surface area (Å²) in [5, 5.41) is 8.25. The number of amides is 1. The standard InChI is InChI=1S/C20H29N5O3S/c1-14(2)25-18-7-6-16(13-17(18)21-22-25)29(27,28)24-10-4-5-19(24)20(26)23-11-8-15(3)9-12-23/h6-7,13-15,19H,4-5,8-12H2,1-3H3. The van der Waals surface area contributed by atoms with Crippen molar-refractivity contribution in [3.05, 3.63) is 18.2 Å². The van der Waals surface area contributed by atoms with E-state index >= 15 is 0 Å². The molecule has 158 valence electrons. The molecule has 1 amide bonds. The quantitative estimate of drug-likeness (QED) is 0.759. The van der Waals surface area contributed by atoms with Crippen LogP contribution < -0.4 is 0 Å². The lowest BCUT2D eigenvalue weighted by atomic mass is 9.98. The van der Waals surface area contributed by atoms with E-state index in [1.54, 1.807) is 22.9 Å². The smallest absolute Gasteiger partial charge is 0.243 e. The van der Waals surface area contributed by atoms with Crippen molar-refractivity contribution in [2.45, 2.75) is 63.4 Å². The Hall–Kier alpha value is -2.00. The first-order chi connectivity index (χ1) is 13.8. The molecule has 2 aliphatic rings. The highest BCUT2D eigenvalue weighted by atomic mass is 32.2. The van der Waals surface area contributed by atoms with E-state index in [-0.39, 0.29) is 16.8 Å². The van der Waals surface area contributed by atoms with Gasteiger partial charge in [-0.3, -0.25) is 4.79 Å². The van der Waals surface area contributed by atoms with Gasteiger partial charge in [0.15, 0.2) is 0 Å². The molecule has 2 fully saturated rings. The number of carbonyl (C=O) groups excluding carboxylic acids is 1. The van der Waals surface area contributed by atoms with Gasteiger partial charge < -0.3 is 4.90 Å². The van der Waals surface area contributed by atoms with E-state index in [4.69, 9.17) is 0 Å². The molecule has 0 radical (unpaired) electrons. The summed E-state index contributed by atoms with van der Waals surface area (Å²) in [5.74, 6) is 0.568. The van der Waals surface area contributed by atoms with Gasteiger partial charge in [0.1, 0.15) is 11.6 Å². The normalized spacial score (nSPS) is 22.1. The molecule has 0 aliphatic carbocycles. The lowest BCUT2D eigenvalue weighted by Gasteiger charge is -2.34. The van der Waals surface area contributed by atoms with Crippen molar-refractivity contribution in [3.8, 4) is 0 Å². The number of sulfonamides is 1. The van der Waals surface area contributed by atoms with Gasteiger partial charge in [-0.2, -0.15) is 4.31 Å². The second kappa shape index (κ2) is 7.68. The van der Waals surface area contributed by atoms with Crippen LogP contribution >= 0.6 is 0 Å². The Balaban J connectivity index is 1.60. The highest BCUT2D eigenvalue weighted by molar-refractivity contribution is 7.89. The number of nitrogens with zero attached hydrogens (tertiary/aromatic N) is 5. The Morgan fingerprint density at radius 3 is 2.55 bits per heavy atom. The fraction of sp³-hybridized carbons (Fsp3) is 0.650. The molecule has 1 atom stereocenters. The number of aromatic nitrogens is 3. The Morgan fingerprint density at radius 2 is 1.86 bits per heavy atom. The minimum Gasteiger partial charge on any atom is -0.341 e. The van der Waals surface area contributed by atoms with Crippen LogP contribution in [0.4, 0.5) is 0 Å². The van der Waals surface area contributed by atoms with Gasteiger partial charge in [0.2, 0.25) is 15.9 Å². The third-order valence-electron chi connectivity index (χ3n) is 6.12. The predicted molar refractivity (Wildman–Crippen MR) is 110 cm³/mol. The van der Waals surface area contributed by atoms with E-state index in [0.717, 1.165) is 18.4 Å². The Bertz CT molecular complexity index is 1010. The van der Waals surface area contributed by atoms with Crippen LogP contribution in [0, 0.1) is 5.92 Å². The summed E-state index contributed by atoms with van der Waals surface area (Å²) in [6, 6.07) is 4.45. The zero-order valence-corrected chi connectivity index (χ0v) is 18.1. The molecule has 4 rings (SSSR count). The van der Waals surface area contributed by atoms with Gasteiger partial charge >= 0.3 is 0 Å². The molecule has 0 N–H and O–H groups in total. The summed E-state index contributed by atoms with van der Waals surface area (Å²) in [5.41, 5.74) is 1.35. The molecule has 2 saturated heterocycles. The van der Waals surface area contributed by atoms with Crippen LogP contribution in [0.1, 0.15) is 52.5 Å². The fourth-order valence-corrected chi connectivity index (χ4v) is 5.98. The summed E-state index contributed by atoms with van der Waals surface area (Å²) >= 11 is 0. The molecule has 1 aromatic carbocycles. The van der Waals surface area contributed by atoms with E-state index in [2.05, 4.69) is 17.2 Å². The molecule has 1 aromatic heterocycles. The zero-order chi connectivity index (χ0) is 20.8. The maximum Gasteiger partial charge on any atom is 0.243 e. The Labute approximate surface area is 171 Å². The lowest BCUT2D eigenvalue weighted by Crippen LogP contribution is -2.49. The molecule has 0 bridgehead atoms. The van der Waals surface area contributed by atoms with E-state index in [1.807, 2.05) is 18.7 Å². The predicted octanol–water partition coefficient (Wildman–Crippen LogP) is 2.42. The molecule has 9 heteroatoms. The largest absolute Gasteiger partial charge is 0.341 e. The number of benzene rings is 1. The second-order valence-electron chi connectivity index (χ2n) is 8.56. The van der Waals surface area contributed by atoms with Crippen molar-refractivity contribution in [1.82, 2.24) is 24.2 Å². The van der Waals surface area contributed by atoms with Gasteiger partial charge in [-0.25, -0.2) is 13.1 Å². The zero-order valence-electron chi connectivity index (χ0n) is 17.3. The van der Waals surface area contributed by atoms with Crippen molar-refractivity contribution < 1.29 is 13.2 Å². The molecule has 0 saturated carbocycles. The molecule has 2 aliphatic heterocycles. The van der Waals surface area contributed by atoms with Crippen LogP contribution in [0.25, 0.3) is 11.0 Å². The van der Waals surface area contributed by atoms with Crippen molar-refractivity contribution in [2.24, 2.45) is 5.92 Å². The molecular formula is C20H29N5O3S. The van der Waals surface area contributed by atoms with Gasteiger partial charge in [0.25, 0.3) is 0 Å². The average molecular weight is 420 g/mol. The number of fused-ring (bicyclic) bond motifs is 1. The first kappa shape index (κ1) is 20.3. The van der Waals surface area contributed by atoms with Gasteiger partial charge in [-0.1, -0.05) is 12.1 Å². The van der Waals surface area contributed by atoms with Crippen molar-refractivity contribution in [1.29, 1.82) is 0 Å². The lowest BCUT2D eigenvalue weighted by molar-refractivity contribution is -0.135.